The molecule has 1 atom stereocenters. The Kier molecular flexibility index (Phi) is 4.25. The number of hydrogen-bond acceptors (Lipinski definition) is 6. The molecule has 2 fully saturated rings. The number of aromatic amines is 1. The maximum Gasteiger partial charge on any atom is 0.162 e. The van der Waals surface area contributed by atoms with Gasteiger partial charge in [-0.15, -0.1) is 0 Å². The maximum atomic E-state index is 9.42. The average Bonchev–Trinajstić information content (AvgIpc) is 3.20. The molecular weight excluding hydrogens is 364 g/mol. The smallest absolute Gasteiger partial charge is 0.162 e. The lowest BCUT2D eigenvalue weighted by molar-refractivity contribution is 0.0985. The normalized spacial score (nSPS) is 26.9. The van der Waals surface area contributed by atoms with Crippen LogP contribution in [-0.2, 0) is 4.74 Å². The second-order valence-electron chi connectivity index (χ2n) is 8.47. The van der Waals surface area contributed by atoms with Crippen LogP contribution in [0.5, 0.6) is 0 Å². The van der Waals surface area contributed by atoms with Crippen molar-refractivity contribution in [1.82, 2.24) is 19.9 Å². The van der Waals surface area contributed by atoms with Crippen molar-refractivity contribution in [2.45, 2.75) is 38.6 Å². The van der Waals surface area contributed by atoms with Gasteiger partial charge in [0.25, 0.3) is 0 Å². The molecule has 3 aromatic rings. The van der Waals surface area contributed by atoms with Crippen molar-refractivity contribution in [3.05, 3.63) is 36.3 Å². The number of rotatable bonds is 3. The fourth-order valence-corrected chi connectivity index (χ4v) is 4.48. The number of nitrogens with one attached hydrogen (secondary N) is 1. The molecule has 0 amide bonds. The summed E-state index contributed by atoms with van der Waals surface area (Å²) < 4.78 is 5.61. The molecule has 148 valence electrons. The molecule has 7 heteroatoms. The van der Waals surface area contributed by atoms with Crippen LogP contribution < -0.4 is 4.90 Å². The fourth-order valence-electron chi connectivity index (χ4n) is 4.48. The molecule has 0 bridgehead atoms. The first-order valence-corrected chi connectivity index (χ1v) is 10.1. The predicted molar refractivity (Wildman–Crippen MR) is 110 cm³/mol. The van der Waals surface area contributed by atoms with Crippen LogP contribution in [0.1, 0.15) is 38.3 Å². The summed E-state index contributed by atoms with van der Waals surface area (Å²) in [7, 11) is 0. The first-order valence-electron chi connectivity index (χ1n) is 10.1. The number of fused-ring (bicyclic) bond motifs is 1. The lowest BCUT2D eigenvalue weighted by Gasteiger charge is -2.40. The number of hydrogen-bond donors (Lipinski definition) is 1. The van der Waals surface area contributed by atoms with Crippen molar-refractivity contribution in [2.75, 3.05) is 24.7 Å². The van der Waals surface area contributed by atoms with Gasteiger partial charge in [-0.2, -0.15) is 5.26 Å². The molecule has 2 aliphatic rings. The molecular formula is C22H24N6O. The van der Waals surface area contributed by atoms with Crippen molar-refractivity contribution in [1.29, 1.82) is 5.26 Å². The third kappa shape index (κ3) is 3.14. The van der Waals surface area contributed by atoms with E-state index >= 15 is 0 Å². The Hall–Kier alpha value is -2.98. The second-order valence-corrected chi connectivity index (χ2v) is 8.47. The zero-order valence-corrected chi connectivity index (χ0v) is 16.7. The molecule has 0 aromatic carbocycles. The van der Waals surface area contributed by atoms with E-state index in [4.69, 9.17) is 14.7 Å². The Morgan fingerprint density at radius 1 is 1.31 bits per heavy atom. The fraction of sp³-hybridized carbons (Fsp3) is 0.455. The molecule has 1 saturated heterocycles. The van der Waals surface area contributed by atoms with Crippen LogP contribution in [0, 0.1) is 16.7 Å². The van der Waals surface area contributed by atoms with Gasteiger partial charge in [-0.05, 0) is 38.8 Å². The van der Waals surface area contributed by atoms with E-state index in [2.05, 4.69) is 33.9 Å². The zero-order chi connectivity index (χ0) is 20.0. The van der Waals surface area contributed by atoms with Crippen LogP contribution in [0.15, 0.2) is 30.6 Å². The highest BCUT2D eigenvalue weighted by Crippen LogP contribution is 2.50. The number of ether oxygens (including phenoxy) is 1. The molecule has 1 N–H and O–H groups in total. The summed E-state index contributed by atoms with van der Waals surface area (Å²) >= 11 is 0. The first kappa shape index (κ1) is 18.1. The minimum atomic E-state index is -0.243. The van der Waals surface area contributed by atoms with E-state index in [0.717, 1.165) is 47.5 Å². The molecule has 0 spiro atoms. The van der Waals surface area contributed by atoms with E-state index in [0.29, 0.717) is 25.0 Å². The first-order chi connectivity index (χ1) is 14.1. The van der Waals surface area contributed by atoms with Gasteiger partial charge >= 0.3 is 0 Å². The molecule has 7 nitrogen and oxygen atoms in total. The molecule has 4 heterocycles. The van der Waals surface area contributed by atoms with Crippen molar-refractivity contribution in [3.63, 3.8) is 0 Å². The molecule has 1 aliphatic carbocycles. The van der Waals surface area contributed by atoms with Crippen LogP contribution >= 0.6 is 0 Å². The number of aromatic nitrogens is 4. The highest BCUT2D eigenvalue weighted by molar-refractivity contribution is 5.91. The summed E-state index contributed by atoms with van der Waals surface area (Å²) in [6.07, 6.45) is 5.36. The number of H-pyrrole nitrogens is 1. The summed E-state index contributed by atoms with van der Waals surface area (Å²) in [6.45, 7) is 6.40. The van der Waals surface area contributed by atoms with Crippen LogP contribution in [0.25, 0.3) is 22.4 Å². The van der Waals surface area contributed by atoms with E-state index in [9.17, 15) is 5.26 Å². The Balaban J connectivity index is 1.61. The topological polar surface area (TPSA) is 90.7 Å². The minimum Gasteiger partial charge on any atom is -0.377 e. The highest BCUT2D eigenvalue weighted by Gasteiger charge is 2.42. The van der Waals surface area contributed by atoms with Gasteiger partial charge in [0.2, 0.25) is 0 Å². The SMILES string of the molecule is C[C@@H]1COCCN1c1cc(C2CC(C)(C#N)C2)nc(-c2ccnc3[nH]ccc23)n1. The molecule has 3 aromatic heterocycles. The summed E-state index contributed by atoms with van der Waals surface area (Å²) in [5.41, 5.74) is 2.59. The largest absolute Gasteiger partial charge is 0.377 e. The van der Waals surface area contributed by atoms with Crippen molar-refractivity contribution >= 4 is 16.9 Å². The van der Waals surface area contributed by atoms with Gasteiger partial charge in [-0.25, -0.2) is 15.0 Å². The average molecular weight is 388 g/mol. The third-order valence-electron chi connectivity index (χ3n) is 6.18. The Morgan fingerprint density at radius 2 is 2.17 bits per heavy atom. The van der Waals surface area contributed by atoms with Gasteiger partial charge in [0.05, 0.1) is 30.7 Å². The molecule has 0 unspecified atom stereocenters. The number of nitriles is 1. The number of nitrogens with zero attached hydrogens (tertiary/aromatic N) is 5. The van der Waals surface area contributed by atoms with Crippen molar-refractivity contribution < 1.29 is 4.74 Å². The summed E-state index contributed by atoms with van der Waals surface area (Å²) in [5.74, 6) is 1.95. The lowest BCUT2D eigenvalue weighted by atomic mass is 9.63. The minimum absolute atomic E-state index is 0.243. The van der Waals surface area contributed by atoms with Gasteiger partial charge < -0.3 is 14.6 Å². The van der Waals surface area contributed by atoms with E-state index < -0.39 is 0 Å². The molecule has 0 radical (unpaired) electrons. The van der Waals surface area contributed by atoms with E-state index in [-0.39, 0.29) is 11.5 Å². The van der Waals surface area contributed by atoms with E-state index in [1.807, 2.05) is 25.3 Å². The monoisotopic (exact) mass is 388 g/mol. The van der Waals surface area contributed by atoms with Crippen LogP contribution in [-0.4, -0.2) is 45.7 Å². The van der Waals surface area contributed by atoms with Crippen LogP contribution in [0.3, 0.4) is 0 Å². The Labute approximate surface area is 169 Å². The Bertz CT molecular complexity index is 1090. The van der Waals surface area contributed by atoms with E-state index in [1.165, 1.54) is 0 Å². The third-order valence-corrected chi connectivity index (χ3v) is 6.18. The van der Waals surface area contributed by atoms with Gasteiger partial charge in [-0.3, -0.25) is 0 Å². The number of morpholine rings is 1. The van der Waals surface area contributed by atoms with Gasteiger partial charge in [0.1, 0.15) is 11.5 Å². The number of anilines is 1. The van der Waals surface area contributed by atoms with Crippen LogP contribution in [0.4, 0.5) is 5.82 Å². The van der Waals surface area contributed by atoms with E-state index in [1.54, 1.807) is 6.20 Å². The maximum absolute atomic E-state index is 9.42. The number of pyridine rings is 1. The lowest BCUT2D eigenvalue weighted by Crippen LogP contribution is -2.44. The Morgan fingerprint density at radius 3 is 2.97 bits per heavy atom. The second kappa shape index (κ2) is 6.82. The van der Waals surface area contributed by atoms with Gasteiger partial charge in [0.15, 0.2) is 5.82 Å². The summed E-state index contributed by atoms with van der Waals surface area (Å²) in [4.78, 5) is 19.8. The van der Waals surface area contributed by atoms with Crippen LogP contribution in [0.2, 0.25) is 0 Å². The summed E-state index contributed by atoms with van der Waals surface area (Å²) in [6, 6.07) is 8.81. The van der Waals surface area contributed by atoms with Gasteiger partial charge in [-0.1, -0.05) is 0 Å². The highest BCUT2D eigenvalue weighted by atomic mass is 16.5. The summed E-state index contributed by atoms with van der Waals surface area (Å²) in [5, 5.41) is 10.4. The predicted octanol–water partition coefficient (Wildman–Crippen LogP) is 3.65. The molecule has 5 rings (SSSR count). The zero-order valence-electron chi connectivity index (χ0n) is 16.7. The van der Waals surface area contributed by atoms with Gasteiger partial charge in [0, 0.05) is 47.6 Å². The quantitative estimate of drug-likeness (QED) is 0.736. The standard InChI is InChI=1S/C22H24N6O/c1-14-12-29-8-7-28(14)19-9-18(15-10-22(2,11-15)13-23)26-21(27-19)17-4-6-25-20-16(17)3-5-24-20/h3-6,9,14-15H,7-8,10-12H2,1-2H3,(H,24,25)/t14-,15?,22?/m1/s1. The van der Waals surface area contributed by atoms with Crippen molar-refractivity contribution in [2.24, 2.45) is 5.41 Å². The van der Waals surface area contributed by atoms with Crippen molar-refractivity contribution in [3.8, 4) is 17.5 Å². The molecule has 1 saturated carbocycles. The molecule has 1 aliphatic heterocycles. The molecule has 29 heavy (non-hydrogen) atoms.